The van der Waals surface area contributed by atoms with Crippen molar-refractivity contribution in [2.24, 2.45) is 0 Å². The summed E-state index contributed by atoms with van der Waals surface area (Å²) >= 11 is 1.42. The summed E-state index contributed by atoms with van der Waals surface area (Å²) in [4.78, 5) is 17.4. The van der Waals surface area contributed by atoms with Gasteiger partial charge in [-0.3, -0.25) is 4.79 Å². The zero-order chi connectivity index (χ0) is 18.2. The van der Waals surface area contributed by atoms with Crippen LogP contribution in [0, 0.1) is 0 Å². The Balaban J connectivity index is 1.86. The van der Waals surface area contributed by atoms with Crippen molar-refractivity contribution in [1.29, 1.82) is 0 Å². The minimum Gasteiger partial charge on any atom is -0.492 e. The number of para-hydroxylation sites is 2. The van der Waals surface area contributed by atoms with Gasteiger partial charge in [0.15, 0.2) is 0 Å². The van der Waals surface area contributed by atoms with Crippen molar-refractivity contribution in [3.8, 4) is 5.75 Å². The number of amides is 1. The summed E-state index contributed by atoms with van der Waals surface area (Å²) in [6.07, 6.45) is 1.73. The van der Waals surface area contributed by atoms with Crippen LogP contribution in [-0.4, -0.2) is 17.5 Å². The molecule has 0 aliphatic rings. The molecule has 3 aromatic rings. The Morgan fingerprint density at radius 2 is 1.77 bits per heavy atom. The topological polar surface area (TPSA) is 51.2 Å². The summed E-state index contributed by atoms with van der Waals surface area (Å²) in [7, 11) is 0. The predicted octanol–water partition coefficient (Wildman–Crippen LogP) is 4.95. The predicted molar refractivity (Wildman–Crippen MR) is 106 cm³/mol. The van der Waals surface area contributed by atoms with Crippen molar-refractivity contribution in [3.63, 3.8) is 0 Å². The largest absolute Gasteiger partial charge is 0.492 e. The first-order chi connectivity index (χ1) is 12.8. The third-order valence-corrected chi connectivity index (χ3v) is 4.87. The highest BCUT2D eigenvalue weighted by molar-refractivity contribution is 8.00. The minimum absolute atomic E-state index is 0.112. The van der Waals surface area contributed by atoms with Crippen LogP contribution in [0.25, 0.3) is 0 Å². The molecule has 1 aromatic heterocycles. The second-order valence-electron chi connectivity index (χ2n) is 5.49. The smallest absolute Gasteiger partial charge is 0.242 e. The Labute approximate surface area is 157 Å². The maximum atomic E-state index is 13.1. The lowest BCUT2D eigenvalue weighted by molar-refractivity contribution is -0.115. The molecule has 1 unspecified atom stereocenters. The number of anilines is 1. The number of nitrogens with zero attached hydrogens (tertiary/aromatic N) is 1. The Morgan fingerprint density at radius 1 is 1.04 bits per heavy atom. The van der Waals surface area contributed by atoms with Gasteiger partial charge in [-0.15, -0.1) is 0 Å². The second kappa shape index (κ2) is 9.06. The van der Waals surface area contributed by atoms with Crippen LogP contribution in [0.1, 0.15) is 17.7 Å². The van der Waals surface area contributed by atoms with E-state index in [4.69, 9.17) is 4.74 Å². The number of benzene rings is 2. The molecule has 0 radical (unpaired) electrons. The van der Waals surface area contributed by atoms with Gasteiger partial charge in [0.2, 0.25) is 5.91 Å². The Bertz CT molecular complexity index is 841. The van der Waals surface area contributed by atoms with E-state index in [0.717, 1.165) is 10.6 Å². The number of carbonyl (C=O) groups excluding carboxylic acids is 1. The molecule has 26 heavy (non-hydrogen) atoms. The molecule has 0 spiro atoms. The Hall–Kier alpha value is -2.79. The fourth-order valence-corrected chi connectivity index (χ4v) is 3.47. The van der Waals surface area contributed by atoms with Crippen LogP contribution in [0.3, 0.4) is 0 Å². The van der Waals surface area contributed by atoms with Gasteiger partial charge in [-0.1, -0.05) is 60.3 Å². The first-order valence-corrected chi connectivity index (χ1v) is 9.31. The third kappa shape index (κ3) is 4.64. The molecule has 0 saturated heterocycles. The van der Waals surface area contributed by atoms with Gasteiger partial charge < -0.3 is 10.1 Å². The summed E-state index contributed by atoms with van der Waals surface area (Å²) in [5, 5.41) is 3.39. The van der Waals surface area contributed by atoms with Crippen molar-refractivity contribution in [2.45, 2.75) is 17.2 Å². The molecule has 1 amide bonds. The molecular weight excluding hydrogens is 344 g/mol. The fourth-order valence-electron chi connectivity index (χ4n) is 2.49. The van der Waals surface area contributed by atoms with Crippen molar-refractivity contribution < 1.29 is 9.53 Å². The summed E-state index contributed by atoms with van der Waals surface area (Å²) in [5.74, 6) is 0.553. The van der Waals surface area contributed by atoms with Gasteiger partial charge in [-0.25, -0.2) is 4.98 Å². The number of pyridine rings is 1. The number of aromatic nitrogens is 1. The first-order valence-electron chi connectivity index (χ1n) is 8.43. The van der Waals surface area contributed by atoms with E-state index in [1.165, 1.54) is 11.8 Å². The summed E-state index contributed by atoms with van der Waals surface area (Å²) in [5.41, 5.74) is 1.59. The lowest BCUT2D eigenvalue weighted by Crippen LogP contribution is -2.19. The number of hydrogen-bond donors (Lipinski definition) is 1. The van der Waals surface area contributed by atoms with Crippen LogP contribution in [0.4, 0.5) is 5.69 Å². The highest BCUT2D eigenvalue weighted by Crippen LogP contribution is 2.36. The zero-order valence-electron chi connectivity index (χ0n) is 14.5. The monoisotopic (exact) mass is 364 g/mol. The second-order valence-corrected chi connectivity index (χ2v) is 6.62. The summed E-state index contributed by atoms with van der Waals surface area (Å²) in [6.45, 7) is 2.46. The number of ether oxygens (including phenoxy) is 1. The molecule has 0 aliphatic carbocycles. The van der Waals surface area contributed by atoms with Crippen LogP contribution < -0.4 is 10.1 Å². The van der Waals surface area contributed by atoms with Gasteiger partial charge in [-0.2, -0.15) is 0 Å². The molecule has 2 aromatic carbocycles. The molecule has 0 aliphatic heterocycles. The molecule has 132 valence electrons. The fraction of sp³-hybridized carbons (Fsp3) is 0.143. The molecule has 0 bridgehead atoms. The van der Waals surface area contributed by atoms with E-state index in [2.05, 4.69) is 10.3 Å². The van der Waals surface area contributed by atoms with E-state index < -0.39 is 5.25 Å². The number of carbonyl (C=O) groups is 1. The van der Waals surface area contributed by atoms with E-state index in [1.807, 2.05) is 79.7 Å². The van der Waals surface area contributed by atoms with Crippen molar-refractivity contribution in [3.05, 3.63) is 84.6 Å². The molecule has 4 nitrogen and oxygen atoms in total. The molecule has 1 N–H and O–H groups in total. The van der Waals surface area contributed by atoms with Crippen molar-refractivity contribution in [2.75, 3.05) is 11.9 Å². The van der Waals surface area contributed by atoms with Crippen LogP contribution in [0.5, 0.6) is 5.75 Å². The van der Waals surface area contributed by atoms with E-state index in [0.29, 0.717) is 18.0 Å². The Morgan fingerprint density at radius 3 is 2.50 bits per heavy atom. The molecule has 0 fully saturated rings. The quantitative estimate of drug-likeness (QED) is 0.603. The van der Waals surface area contributed by atoms with Gasteiger partial charge in [-0.05, 0) is 36.8 Å². The number of hydrogen-bond acceptors (Lipinski definition) is 4. The number of thioether (sulfide) groups is 1. The lowest BCUT2D eigenvalue weighted by atomic mass is 10.1. The summed E-state index contributed by atoms with van der Waals surface area (Å²) < 4.78 is 5.61. The molecule has 1 atom stereocenters. The van der Waals surface area contributed by atoms with Crippen LogP contribution in [0.15, 0.2) is 84.0 Å². The molecule has 3 rings (SSSR count). The van der Waals surface area contributed by atoms with E-state index in [-0.39, 0.29) is 5.91 Å². The number of nitrogens with one attached hydrogen (secondary N) is 1. The summed E-state index contributed by atoms with van der Waals surface area (Å²) in [6, 6.07) is 22.9. The minimum atomic E-state index is -0.416. The zero-order valence-corrected chi connectivity index (χ0v) is 15.3. The normalized spacial score (nSPS) is 11.6. The van der Waals surface area contributed by atoms with Gasteiger partial charge in [0, 0.05) is 6.20 Å². The van der Waals surface area contributed by atoms with Crippen molar-refractivity contribution in [1.82, 2.24) is 4.98 Å². The maximum Gasteiger partial charge on any atom is 0.242 e. The average Bonchev–Trinajstić information content (AvgIpc) is 2.69. The van der Waals surface area contributed by atoms with Gasteiger partial charge >= 0.3 is 0 Å². The highest BCUT2D eigenvalue weighted by atomic mass is 32.2. The molecule has 5 heteroatoms. The van der Waals surface area contributed by atoms with Crippen molar-refractivity contribution >= 4 is 23.4 Å². The lowest BCUT2D eigenvalue weighted by Gasteiger charge is -2.18. The molecule has 0 saturated carbocycles. The van der Waals surface area contributed by atoms with Crippen LogP contribution in [0.2, 0.25) is 0 Å². The number of rotatable bonds is 7. The molecule has 1 heterocycles. The van der Waals surface area contributed by atoms with Gasteiger partial charge in [0.1, 0.15) is 11.0 Å². The van der Waals surface area contributed by atoms with E-state index in [1.54, 1.807) is 6.20 Å². The van der Waals surface area contributed by atoms with E-state index in [9.17, 15) is 4.79 Å². The van der Waals surface area contributed by atoms with E-state index >= 15 is 0 Å². The first kappa shape index (κ1) is 18.0. The average molecular weight is 364 g/mol. The third-order valence-electron chi connectivity index (χ3n) is 3.66. The van der Waals surface area contributed by atoms with Crippen LogP contribution in [-0.2, 0) is 4.79 Å². The van der Waals surface area contributed by atoms with Gasteiger partial charge in [0.05, 0.1) is 17.3 Å². The standard InChI is InChI=1S/C21H20N2O2S/c1-2-25-18-13-7-6-12-17(18)23-21(24)20(16-10-4-3-5-11-16)26-19-14-8-9-15-22-19/h3-15,20H,2H2,1H3,(H,23,24). The Kier molecular flexibility index (Phi) is 6.28. The van der Waals surface area contributed by atoms with Gasteiger partial charge in [0.25, 0.3) is 0 Å². The molecular formula is C21H20N2O2S. The van der Waals surface area contributed by atoms with Crippen LogP contribution >= 0.6 is 11.8 Å². The highest BCUT2D eigenvalue weighted by Gasteiger charge is 2.23. The SMILES string of the molecule is CCOc1ccccc1NC(=O)C(Sc1ccccn1)c1ccccc1. The maximum absolute atomic E-state index is 13.1.